The second-order valence-electron chi connectivity index (χ2n) is 5.83. The summed E-state index contributed by atoms with van der Waals surface area (Å²) in [6.07, 6.45) is 0.465. The fourth-order valence-corrected chi connectivity index (χ4v) is 2.44. The first-order valence-electron chi connectivity index (χ1n) is 6.83. The highest BCUT2D eigenvalue weighted by molar-refractivity contribution is 5.82. The fraction of sp³-hybridized carbons (Fsp3) is 0.533. The van der Waals surface area contributed by atoms with Crippen molar-refractivity contribution in [3.8, 4) is 5.75 Å². The molecule has 0 bridgehead atoms. The van der Waals surface area contributed by atoms with E-state index in [1.54, 1.807) is 24.3 Å². The number of hydrogen-bond acceptors (Lipinski definition) is 4. The molecule has 1 amide bonds. The van der Waals surface area contributed by atoms with Crippen LogP contribution in [0, 0.1) is 0 Å². The lowest BCUT2D eigenvalue weighted by atomic mass is 9.99. The molecule has 1 fully saturated rings. The number of carbonyl (C=O) groups is 1. The Kier molecular flexibility index (Phi) is 4.30. The number of ether oxygens (including phenoxy) is 1. The van der Waals surface area contributed by atoms with Crippen molar-refractivity contribution in [3.63, 3.8) is 0 Å². The molecule has 2 rings (SSSR count). The van der Waals surface area contributed by atoms with E-state index in [4.69, 9.17) is 10.5 Å². The van der Waals surface area contributed by atoms with Crippen molar-refractivity contribution in [3.05, 3.63) is 29.8 Å². The number of phenols is 1. The molecule has 1 aromatic rings. The zero-order valence-electron chi connectivity index (χ0n) is 12.0. The third-order valence-electron chi connectivity index (χ3n) is 3.62. The fourth-order valence-electron chi connectivity index (χ4n) is 2.44. The molecule has 1 aliphatic heterocycles. The highest BCUT2D eigenvalue weighted by atomic mass is 16.5. The average molecular weight is 278 g/mol. The summed E-state index contributed by atoms with van der Waals surface area (Å²) in [4.78, 5) is 14.3. The Morgan fingerprint density at radius 1 is 1.45 bits per heavy atom. The first-order chi connectivity index (χ1) is 9.40. The number of benzene rings is 1. The van der Waals surface area contributed by atoms with Crippen molar-refractivity contribution < 1.29 is 14.6 Å². The minimum Gasteiger partial charge on any atom is -0.508 e. The summed E-state index contributed by atoms with van der Waals surface area (Å²) < 4.78 is 5.41. The van der Waals surface area contributed by atoms with Gasteiger partial charge in [0, 0.05) is 6.54 Å². The monoisotopic (exact) mass is 278 g/mol. The zero-order chi connectivity index (χ0) is 14.8. The van der Waals surface area contributed by atoms with Crippen LogP contribution in [0.1, 0.15) is 19.4 Å². The number of rotatable bonds is 3. The summed E-state index contributed by atoms with van der Waals surface area (Å²) >= 11 is 0. The molecule has 110 valence electrons. The molecule has 1 aromatic carbocycles. The van der Waals surface area contributed by atoms with Crippen molar-refractivity contribution in [2.75, 3.05) is 19.8 Å². The van der Waals surface area contributed by atoms with Gasteiger partial charge in [0.1, 0.15) is 5.75 Å². The molecule has 0 radical (unpaired) electrons. The van der Waals surface area contributed by atoms with E-state index < -0.39 is 6.04 Å². The first-order valence-corrected chi connectivity index (χ1v) is 6.83. The van der Waals surface area contributed by atoms with Gasteiger partial charge in [-0.15, -0.1) is 0 Å². The van der Waals surface area contributed by atoms with Gasteiger partial charge >= 0.3 is 0 Å². The number of phenolic OH excluding ortho intramolecular Hbond substituents is 1. The third-order valence-corrected chi connectivity index (χ3v) is 3.62. The molecular formula is C15H22N2O3. The van der Waals surface area contributed by atoms with Crippen LogP contribution in [-0.2, 0) is 16.0 Å². The molecule has 0 aliphatic carbocycles. The molecule has 3 N–H and O–H groups in total. The topological polar surface area (TPSA) is 75.8 Å². The Bertz CT molecular complexity index is 471. The van der Waals surface area contributed by atoms with Gasteiger partial charge in [0.15, 0.2) is 0 Å². The Morgan fingerprint density at radius 2 is 2.10 bits per heavy atom. The average Bonchev–Trinajstić information content (AvgIpc) is 2.40. The van der Waals surface area contributed by atoms with E-state index in [1.807, 2.05) is 18.7 Å². The number of hydrogen-bond donors (Lipinski definition) is 2. The van der Waals surface area contributed by atoms with Crippen LogP contribution < -0.4 is 5.73 Å². The van der Waals surface area contributed by atoms with Crippen molar-refractivity contribution >= 4 is 5.91 Å². The molecule has 5 nitrogen and oxygen atoms in total. The molecule has 0 spiro atoms. The van der Waals surface area contributed by atoms with Gasteiger partial charge in [-0.25, -0.2) is 0 Å². The Hall–Kier alpha value is -1.59. The predicted octanol–water partition coefficient (Wildman–Crippen LogP) is 0.899. The number of nitrogens with zero attached hydrogens (tertiary/aromatic N) is 1. The molecule has 5 heteroatoms. The lowest BCUT2D eigenvalue weighted by Crippen LogP contribution is -2.59. The maximum atomic E-state index is 12.5. The third kappa shape index (κ3) is 3.29. The highest BCUT2D eigenvalue weighted by Crippen LogP contribution is 2.20. The summed E-state index contributed by atoms with van der Waals surface area (Å²) in [6.45, 7) is 5.63. The van der Waals surface area contributed by atoms with Gasteiger partial charge in [-0.2, -0.15) is 0 Å². The van der Waals surface area contributed by atoms with Crippen LogP contribution in [0.15, 0.2) is 24.3 Å². The first kappa shape index (κ1) is 14.8. The van der Waals surface area contributed by atoms with Crippen molar-refractivity contribution in [1.82, 2.24) is 4.90 Å². The predicted molar refractivity (Wildman–Crippen MR) is 76.4 cm³/mol. The zero-order valence-corrected chi connectivity index (χ0v) is 12.0. The van der Waals surface area contributed by atoms with Gasteiger partial charge in [0.25, 0.3) is 0 Å². The van der Waals surface area contributed by atoms with E-state index in [0.717, 1.165) is 5.56 Å². The van der Waals surface area contributed by atoms with E-state index >= 15 is 0 Å². The van der Waals surface area contributed by atoms with Gasteiger partial charge in [0.05, 0.1) is 24.8 Å². The summed E-state index contributed by atoms with van der Waals surface area (Å²) in [7, 11) is 0. The largest absolute Gasteiger partial charge is 0.508 e. The maximum Gasteiger partial charge on any atom is 0.240 e. The smallest absolute Gasteiger partial charge is 0.240 e. The molecule has 1 heterocycles. The standard InChI is InChI=1S/C15H22N2O3/c1-15(2)10-20-8-7-17(15)14(19)13(16)9-11-3-5-12(18)6-4-11/h3-6,13,18H,7-10,16H2,1-2H3/t13-/m1/s1. The van der Waals surface area contributed by atoms with Crippen LogP contribution in [0.25, 0.3) is 0 Å². The lowest BCUT2D eigenvalue weighted by molar-refractivity contribution is -0.147. The van der Waals surface area contributed by atoms with E-state index in [0.29, 0.717) is 26.2 Å². The van der Waals surface area contributed by atoms with E-state index in [2.05, 4.69) is 0 Å². The van der Waals surface area contributed by atoms with Crippen LogP contribution in [0.2, 0.25) is 0 Å². The molecule has 20 heavy (non-hydrogen) atoms. The quantitative estimate of drug-likeness (QED) is 0.861. The number of morpholine rings is 1. The number of nitrogens with two attached hydrogens (primary N) is 1. The van der Waals surface area contributed by atoms with Crippen LogP contribution >= 0.6 is 0 Å². The normalized spacial score (nSPS) is 19.6. The van der Waals surface area contributed by atoms with Gasteiger partial charge in [-0.1, -0.05) is 12.1 Å². The van der Waals surface area contributed by atoms with Gasteiger partial charge in [-0.3, -0.25) is 4.79 Å². The van der Waals surface area contributed by atoms with E-state index in [1.165, 1.54) is 0 Å². The second kappa shape index (κ2) is 5.81. The summed E-state index contributed by atoms with van der Waals surface area (Å²) in [5, 5.41) is 9.25. The second-order valence-corrected chi connectivity index (χ2v) is 5.83. The van der Waals surface area contributed by atoms with Crippen LogP contribution in [0.4, 0.5) is 0 Å². The summed E-state index contributed by atoms with van der Waals surface area (Å²) in [5.41, 5.74) is 6.67. The van der Waals surface area contributed by atoms with E-state index in [9.17, 15) is 9.90 Å². The number of carbonyl (C=O) groups excluding carboxylic acids is 1. The molecule has 0 saturated carbocycles. The lowest BCUT2D eigenvalue weighted by Gasteiger charge is -2.43. The van der Waals surface area contributed by atoms with Gasteiger partial charge in [0.2, 0.25) is 5.91 Å². The van der Waals surface area contributed by atoms with E-state index in [-0.39, 0.29) is 17.2 Å². The van der Waals surface area contributed by atoms with Crippen molar-refractivity contribution in [1.29, 1.82) is 0 Å². The Balaban J connectivity index is 2.02. The summed E-state index contributed by atoms with van der Waals surface area (Å²) in [5.74, 6) is 0.161. The minimum absolute atomic E-state index is 0.0497. The van der Waals surface area contributed by atoms with Crippen LogP contribution in [0.5, 0.6) is 5.75 Å². The van der Waals surface area contributed by atoms with Crippen molar-refractivity contribution in [2.24, 2.45) is 5.73 Å². The van der Waals surface area contributed by atoms with Gasteiger partial charge < -0.3 is 20.5 Å². The minimum atomic E-state index is -0.572. The molecule has 1 atom stereocenters. The molecule has 0 unspecified atom stereocenters. The Labute approximate surface area is 119 Å². The SMILES string of the molecule is CC1(C)COCCN1C(=O)[C@H](N)Cc1ccc(O)cc1. The maximum absolute atomic E-state index is 12.5. The number of aromatic hydroxyl groups is 1. The molecule has 1 aliphatic rings. The van der Waals surface area contributed by atoms with Crippen LogP contribution in [0.3, 0.4) is 0 Å². The van der Waals surface area contributed by atoms with Crippen molar-refractivity contribution in [2.45, 2.75) is 31.8 Å². The highest BCUT2D eigenvalue weighted by Gasteiger charge is 2.36. The van der Waals surface area contributed by atoms with Crippen LogP contribution in [-0.4, -0.2) is 47.3 Å². The molecule has 1 saturated heterocycles. The summed E-state index contributed by atoms with van der Waals surface area (Å²) in [6, 6.07) is 6.20. The molecule has 0 aromatic heterocycles. The van der Waals surface area contributed by atoms with Gasteiger partial charge in [-0.05, 0) is 38.0 Å². The molecular weight excluding hydrogens is 256 g/mol. The number of amides is 1. The Morgan fingerprint density at radius 3 is 2.70 bits per heavy atom.